The molecule has 1 saturated carbocycles. The first kappa shape index (κ1) is 31.8. The molecule has 0 spiro atoms. The Balaban J connectivity index is 1.12. The third-order valence-electron chi connectivity index (χ3n) is 8.65. The van der Waals surface area contributed by atoms with Crippen LogP contribution in [0.3, 0.4) is 0 Å². The number of ether oxygens (including phenoxy) is 2. The number of morpholine rings is 1. The van der Waals surface area contributed by atoms with E-state index in [0.29, 0.717) is 62.6 Å². The van der Waals surface area contributed by atoms with Gasteiger partial charge in [0.1, 0.15) is 23.9 Å². The molecule has 1 aliphatic carbocycles. The zero-order valence-electron chi connectivity index (χ0n) is 27.6. The van der Waals surface area contributed by atoms with Crippen molar-refractivity contribution in [2.75, 3.05) is 43.1 Å². The first-order chi connectivity index (χ1) is 22.0. The number of fused-ring (bicyclic) bond motifs is 1. The maximum absolute atomic E-state index is 13.4. The summed E-state index contributed by atoms with van der Waals surface area (Å²) in [5.74, 6) is 2.63. The summed E-state index contributed by atoms with van der Waals surface area (Å²) in [5, 5.41) is 6.42. The van der Waals surface area contributed by atoms with Gasteiger partial charge in [0, 0.05) is 36.8 Å². The Bertz CT molecular complexity index is 1550. The molecule has 10 nitrogen and oxygen atoms in total. The fourth-order valence-corrected chi connectivity index (χ4v) is 5.98. The molecule has 2 aliphatic heterocycles. The van der Waals surface area contributed by atoms with Gasteiger partial charge in [0.15, 0.2) is 0 Å². The molecule has 2 N–H and O–H groups in total. The van der Waals surface area contributed by atoms with Gasteiger partial charge in [0.2, 0.25) is 11.9 Å². The van der Waals surface area contributed by atoms with Crippen LogP contribution in [0.4, 0.5) is 17.5 Å². The van der Waals surface area contributed by atoms with Gasteiger partial charge >= 0.3 is 0 Å². The van der Waals surface area contributed by atoms with E-state index in [9.17, 15) is 9.59 Å². The average molecular weight is 627 g/mol. The van der Waals surface area contributed by atoms with Crippen LogP contribution >= 0.6 is 0 Å². The standard InChI is InChI=1S/C36H46N6O4/c1-23(2)42-21-29-32(34(42)44)39-35(41-17-19-46-30(22-41)26-6-7-26)40-33(29)38-27-12-8-24(9-13-27)25-10-14-28(15-11-25)45-18-16-37-31(43)20-36(3,4)5/h8-15,23,26,30H,6-7,16-22H2,1-5H3,(H,37,43)(H,38,39,40). The van der Waals surface area contributed by atoms with Gasteiger partial charge < -0.3 is 29.9 Å². The largest absolute Gasteiger partial charge is 0.492 e. The molecular formula is C36H46N6O4. The van der Waals surface area contributed by atoms with Crippen LogP contribution in [0.15, 0.2) is 48.5 Å². The normalized spacial score (nSPS) is 18.1. The molecule has 1 saturated heterocycles. The van der Waals surface area contributed by atoms with E-state index in [0.717, 1.165) is 34.7 Å². The minimum Gasteiger partial charge on any atom is -0.492 e. The highest BCUT2D eigenvalue weighted by Crippen LogP contribution is 2.37. The van der Waals surface area contributed by atoms with Gasteiger partial charge in [0.25, 0.3) is 5.91 Å². The van der Waals surface area contributed by atoms with Crippen molar-refractivity contribution in [2.45, 2.75) is 72.6 Å². The molecule has 2 fully saturated rings. The predicted molar refractivity (Wildman–Crippen MR) is 179 cm³/mol. The monoisotopic (exact) mass is 626 g/mol. The van der Waals surface area contributed by atoms with Crippen molar-refractivity contribution in [1.82, 2.24) is 20.2 Å². The van der Waals surface area contributed by atoms with E-state index in [1.807, 2.05) is 75.9 Å². The van der Waals surface area contributed by atoms with Gasteiger partial charge in [-0.15, -0.1) is 0 Å². The number of nitrogens with zero attached hydrogens (tertiary/aromatic N) is 4. The van der Waals surface area contributed by atoms with Crippen molar-refractivity contribution in [2.24, 2.45) is 11.3 Å². The van der Waals surface area contributed by atoms with Crippen LogP contribution in [-0.2, 0) is 16.1 Å². The second-order valence-electron chi connectivity index (χ2n) is 14.1. The molecular weight excluding hydrogens is 580 g/mol. The second-order valence-corrected chi connectivity index (χ2v) is 14.1. The van der Waals surface area contributed by atoms with E-state index < -0.39 is 0 Å². The van der Waals surface area contributed by atoms with Gasteiger partial charge in [-0.2, -0.15) is 4.98 Å². The van der Waals surface area contributed by atoms with Crippen molar-refractivity contribution in [3.05, 3.63) is 59.8 Å². The van der Waals surface area contributed by atoms with E-state index in [2.05, 4.69) is 27.7 Å². The minimum atomic E-state index is -0.0447. The number of benzene rings is 2. The van der Waals surface area contributed by atoms with Crippen LogP contribution in [-0.4, -0.2) is 71.7 Å². The Morgan fingerprint density at radius 3 is 2.39 bits per heavy atom. The highest BCUT2D eigenvalue weighted by atomic mass is 16.5. The van der Waals surface area contributed by atoms with E-state index in [-0.39, 0.29) is 29.4 Å². The van der Waals surface area contributed by atoms with E-state index in [1.165, 1.54) is 12.8 Å². The number of hydrogen-bond acceptors (Lipinski definition) is 8. The van der Waals surface area contributed by atoms with Gasteiger partial charge in [-0.1, -0.05) is 45.0 Å². The molecule has 0 radical (unpaired) electrons. The van der Waals surface area contributed by atoms with E-state index >= 15 is 0 Å². The summed E-state index contributed by atoms with van der Waals surface area (Å²) < 4.78 is 11.9. The molecule has 6 rings (SSSR count). The fraction of sp³-hybridized carbons (Fsp3) is 0.500. The topological polar surface area (TPSA) is 109 Å². The number of anilines is 3. The summed E-state index contributed by atoms with van der Waals surface area (Å²) in [4.78, 5) is 39.2. The van der Waals surface area contributed by atoms with Gasteiger partial charge in [-0.05, 0) is 73.4 Å². The zero-order chi connectivity index (χ0) is 32.4. The third kappa shape index (κ3) is 7.61. The lowest BCUT2D eigenvalue weighted by molar-refractivity contribution is -0.122. The number of amides is 2. The van der Waals surface area contributed by atoms with Crippen molar-refractivity contribution >= 4 is 29.3 Å². The molecule has 1 unspecified atom stereocenters. The van der Waals surface area contributed by atoms with Gasteiger partial charge in [-0.3, -0.25) is 9.59 Å². The molecule has 46 heavy (non-hydrogen) atoms. The predicted octanol–water partition coefficient (Wildman–Crippen LogP) is 5.80. The van der Waals surface area contributed by atoms with Gasteiger partial charge in [-0.25, -0.2) is 4.98 Å². The Morgan fingerprint density at radius 2 is 1.74 bits per heavy atom. The lowest BCUT2D eigenvalue weighted by atomic mass is 9.92. The Kier molecular flexibility index (Phi) is 9.18. The number of carbonyl (C=O) groups is 2. The van der Waals surface area contributed by atoms with Crippen LogP contribution in [0, 0.1) is 11.3 Å². The number of hydrogen-bond donors (Lipinski definition) is 2. The Labute approximate surface area is 271 Å². The van der Waals surface area contributed by atoms with Gasteiger partial charge in [0.05, 0.1) is 25.8 Å². The van der Waals surface area contributed by atoms with Crippen LogP contribution < -0.4 is 20.3 Å². The first-order valence-electron chi connectivity index (χ1n) is 16.5. The summed E-state index contributed by atoms with van der Waals surface area (Å²) in [6.07, 6.45) is 3.11. The van der Waals surface area contributed by atoms with Crippen LogP contribution in [0.25, 0.3) is 11.1 Å². The van der Waals surface area contributed by atoms with Crippen molar-refractivity contribution in [3.63, 3.8) is 0 Å². The lowest BCUT2D eigenvalue weighted by Gasteiger charge is -2.33. The molecule has 244 valence electrons. The molecule has 3 aliphatic rings. The fourth-order valence-electron chi connectivity index (χ4n) is 5.98. The molecule has 10 heteroatoms. The van der Waals surface area contributed by atoms with Crippen molar-refractivity contribution in [1.29, 1.82) is 0 Å². The Morgan fingerprint density at radius 1 is 1.04 bits per heavy atom. The first-order valence-corrected chi connectivity index (χ1v) is 16.5. The number of nitrogens with one attached hydrogen (secondary N) is 2. The lowest BCUT2D eigenvalue weighted by Crippen LogP contribution is -2.44. The summed E-state index contributed by atoms with van der Waals surface area (Å²) in [6, 6.07) is 16.2. The van der Waals surface area contributed by atoms with Crippen molar-refractivity contribution in [3.8, 4) is 16.9 Å². The van der Waals surface area contributed by atoms with E-state index in [4.69, 9.17) is 19.4 Å². The highest BCUT2D eigenvalue weighted by molar-refractivity contribution is 5.98. The number of aromatic nitrogens is 2. The van der Waals surface area contributed by atoms with Crippen LogP contribution in [0.5, 0.6) is 5.75 Å². The molecule has 3 heterocycles. The minimum absolute atomic E-state index is 0.0350. The SMILES string of the molecule is CC(C)N1Cc2c(Nc3ccc(-c4ccc(OCCNC(=O)CC(C)(C)C)cc4)cc3)nc(N3CCOC(C4CC4)C3)nc2C1=O. The second kappa shape index (κ2) is 13.3. The molecule has 3 aromatic rings. The Hall–Kier alpha value is -4.18. The number of rotatable bonds is 11. The van der Waals surface area contributed by atoms with Crippen LogP contribution in [0.1, 0.15) is 69.9 Å². The summed E-state index contributed by atoms with van der Waals surface area (Å²) in [7, 11) is 0. The maximum Gasteiger partial charge on any atom is 0.273 e. The van der Waals surface area contributed by atoms with Crippen LogP contribution in [0.2, 0.25) is 0 Å². The number of carbonyl (C=O) groups excluding carboxylic acids is 2. The smallest absolute Gasteiger partial charge is 0.273 e. The average Bonchev–Trinajstić information content (AvgIpc) is 3.82. The summed E-state index contributed by atoms with van der Waals surface area (Å²) >= 11 is 0. The summed E-state index contributed by atoms with van der Waals surface area (Å²) in [5.41, 5.74) is 4.31. The van der Waals surface area contributed by atoms with E-state index in [1.54, 1.807) is 0 Å². The quantitative estimate of drug-likeness (QED) is 0.257. The molecule has 2 amide bonds. The molecule has 1 aromatic heterocycles. The molecule has 1 atom stereocenters. The highest BCUT2D eigenvalue weighted by Gasteiger charge is 2.38. The van der Waals surface area contributed by atoms with Crippen molar-refractivity contribution < 1.29 is 19.1 Å². The zero-order valence-corrected chi connectivity index (χ0v) is 27.6. The summed E-state index contributed by atoms with van der Waals surface area (Å²) in [6.45, 7) is 13.7. The third-order valence-corrected chi connectivity index (χ3v) is 8.65. The maximum atomic E-state index is 13.4. The molecule has 2 aromatic carbocycles. The molecule has 0 bridgehead atoms.